The van der Waals surface area contributed by atoms with Crippen LogP contribution in [0, 0.1) is 0 Å². The number of benzene rings is 3. The Hall–Kier alpha value is -3.26. The molecule has 0 amide bonds. The lowest BCUT2D eigenvalue weighted by atomic mass is 9.81. The van der Waals surface area contributed by atoms with Gasteiger partial charge in [0.1, 0.15) is 0 Å². The molecule has 0 saturated carbocycles. The van der Waals surface area contributed by atoms with Gasteiger partial charge in [0.15, 0.2) is 5.54 Å². The van der Waals surface area contributed by atoms with E-state index in [2.05, 4.69) is 20.3 Å². The maximum atomic E-state index is 11.2. The van der Waals surface area contributed by atoms with Gasteiger partial charge in [-0.25, -0.2) is 0 Å². The summed E-state index contributed by atoms with van der Waals surface area (Å²) in [6.45, 7) is 0. The van der Waals surface area contributed by atoms with Gasteiger partial charge in [-0.2, -0.15) is 10.2 Å². The van der Waals surface area contributed by atoms with Crippen LogP contribution in [0.1, 0.15) is 11.1 Å². The van der Waals surface area contributed by atoms with Gasteiger partial charge in [0.05, 0.1) is 11.4 Å². The van der Waals surface area contributed by atoms with Crippen molar-refractivity contribution in [3.05, 3.63) is 105 Å². The van der Waals surface area contributed by atoms with E-state index in [0.29, 0.717) is 27.5 Å². The molecule has 8 nitrogen and oxygen atoms in total. The quantitative estimate of drug-likeness (QED) is 0.194. The SMILES string of the molecule is COC(O)(OC)C(N=[N+]=[N-])(c1ccc(Cl)cc1)c1ccc(N=Nc2ccccc2)cc1. The summed E-state index contributed by atoms with van der Waals surface area (Å²) in [4.78, 5) is 2.97. The second-order valence-corrected chi connectivity index (χ2v) is 6.92. The van der Waals surface area contributed by atoms with E-state index < -0.39 is 11.5 Å². The number of halogens is 1. The van der Waals surface area contributed by atoms with Gasteiger partial charge in [-0.15, -0.1) is 0 Å². The number of methoxy groups -OCH3 is 2. The molecular formula is C22H20ClN5O3. The third kappa shape index (κ3) is 4.44. The summed E-state index contributed by atoms with van der Waals surface area (Å²) < 4.78 is 10.5. The first kappa shape index (κ1) is 22.4. The normalized spacial score (nSPS) is 13.5. The summed E-state index contributed by atoms with van der Waals surface area (Å²) in [5, 5.41) is 24.0. The van der Waals surface area contributed by atoms with Crippen molar-refractivity contribution >= 4 is 23.0 Å². The van der Waals surface area contributed by atoms with Crippen LogP contribution in [-0.4, -0.2) is 25.3 Å². The van der Waals surface area contributed by atoms with E-state index in [4.69, 9.17) is 21.1 Å². The van der Waals surface area contributed by atoms with Gasteiger partial charge in [-0.3, -0.25) is 0 Å². The standard InChI is InChI=1S/C22H20ClN5O3/c1-30-22(29,31-2)21(27-28-24,16-8-12-18(23)13-9-16)17-10-14-20(15-11-17)26-25-19-6-4-3-5-7-19/h3-15,29H,1-2H3. The van der Waals surface area contributed by atoms with Gasteiger partial charge in [-0.05, 0) is 53.1 Å². The molecule has 3 aromatic rings. The van der Waals surface area contributed by atoms with E-state index >= 15 is 0 Å². The van der Waals surface area contributed by atoms with Crippen LogP contribution >= 0.6 is 11.6 Å². The molecule has 3 aromatic carbocycles. The van der Waals surface area contributed by atoms with Crippen LogP contribution in [0.15, 0.2) is 94.2 Å². The van der Waals surface area contributed by atoms with Gasteiger partial charge in [-0.1, -0.05) is 59.2 Å². The molecular weight excluding hydrogens is 418 g/mol. The number of hydrogen-bond acceptors (Lipinski definition) is 6. The minimum absolute atomic E-state index is 0.414. The molecule has 31 heavy (non-hydrogen) atoms. The lowest BCUT2D eigenvalue weighted by molar-refractivity contribution is -0.368. The van der Waals surface area contributed by atoms with E-state index in [-0.39, 0.29) is 0 Å². The van der Waals surface area contributed by atoms with Crippen molar-refractivity contribution in [2.24, 2.45) is 15.3 Å². The molecule has 0 aliphatic heterocycles. The van der Waals surface area contributed by atoms with Crippen LogP contribution in [0.4, 0.5) is 11.4 Å². The first-order valence-electron chi connectivity index (χ1n) is 9.21. The first-order chi connectivity index (χ1) is 15.0. The molecule has 0 bridgehead atoms. The number of ether oxygens (including phenoxy) is 2. The smallest absolute Gasteiger partial charge is 0.300 e. The Morgan fingerprint density at radius 2 is 1.29 bits per heavy atom. The predicted octanol–water partition coefficient (Wildman–Crippen LogP) is 6.25. The average Bonchev–Trinajstić information content (AvgIpc) is 2.82. The molecule has 1 N–H and O–H groups in total. The fourth-order valence-corrected chi connectivity index (χ4v) is 3.35. The van der Waals surface area contributed by atoms with Crippen LogP contribution in [0.5, 0.6) is 0 Å². The zero-order valence-electron chi connectivity index (χ0n) is 16.9. The Morgan fingerprint density at radius 3 is 1.77 bits per heavy atom. The van der Waals surface area contributed by atoms with Crippen molar-refractivity contribution in [1.29, 1.82) is 0 Å². The Labute approximate surface area is 184 Å². The van der Waals surface area contributed by atoms with Crippen molar-refractivity contribution in [1.82, 2.24) is 0 Å². The molecule has 0 spiro atoms. The largest absolute Gasteiger partial charge is 0.342 e. The average molecular weight is 438 g/mol. The lowest BCUT2D eigenvalue weighted by Gasteiger charge is -2.41. The predicted molar refractivity (Wildman–Crippen MR) is 117 cm³/mol. The van der Waals surface area contributed by atoms with E-state index in [1.54, 1.807) is 48.5 Å². The number of azide groups is 1. The summed E-state index contributed by atoms with van der Waals surface area (Å²) in [6, 6.07) is 22.5. The summed E-state index contributed by atoms with van der Waals surface area (Å²) in [5.74, 6) is -2.31. The van der Waals surface area contributed by atoms with Crippen LogP contribution in [-0.2, 0) is 15.0 Å². The van der Waals surface area contributed by atoms with Crippen LogP contribution in [0.3, 0.4) is 0 Å². The fourth-order valence-electron chi connectivity index (χ4n) is 3.23. The van der Waals surface area contributed by atoms with Gasteiger partial charge in [0.25, 0.3) is 5.97 Å². The van der Waals surface area contributed by atoms with Gasteiger partial charge < -0.3 is 14.6 Å². The Morgan fingerprint density at radius 1 is 0.806 bits per heavy atom. The summed E-state index contributed by atoms with van der Waals surface area (Å²) in [7, 11) is 2.51. The van der Waals surface area contributed by atoms with E-state index in [1.165, 1.54) is 14.2 Å². The Balaban J connectivity index is 2.12. The van der Waals surface area contributed by atoms with Gasteiger partial charge >= 0.3 is 0 Å². The van der Waals surface area contributed by atoms with E-state index in [9.17, 15) is 10.6 Å². The van der Waals surface area contributed by atoms with Crippen molar-refractivity contribution < 1.29 is 14.6 Å². The van der Waals surface area contributed by atoms with Crippen molar-refractivity contribution in [3.63, 3.8) is 0 Å². The molecule has 0 aromatic heterocycles. The minimum Gasteiger partial charge on any atom is -0.342 e. The molecule has 0 aliphatic rings. The monoisotopic (exact) mass is 437 g/mol. The first-order valence-corrected chi connectivity index (χ1v) is 9.59. The molecule has 0 heterocycles. The van der Waals surface area contributed by atoms with Crippen LogP contribution < -0.4 is 0 Å². The third-order valence-corrected chi connectivity index (χ3v) is 5.04. The van der Waals surface area contributed by atoms with Crippen molar-refractivity contribution in [2.75, 3.05) is 14.2 Å². The highest BCUT2D eigenvalue weighted by Crippen LogP contribution is 2.45. The molecule has 0 aliphatic carbocycles. The van der Waals surface area contributed by atoms with Crippen LogP contribution in [0.25, 0.3) is 10.4 Å². The molecule has 0 radical (unpaired) electrons. The molecule has 0 fully saturated rings. The molecule has 1 atom stereocenters. The zero-order chi connectivity index (χ0) is 22.3. The van der Waals surface area contributed by atoms with E-state index in [0.717, 1.165) is 0 Å². The number of aliphatic hydroxyl groups is 1. The Bertz CT molecular complexity index is 1080. The summed E-state index contributed by atoms with van der Waals surface area (Å²) in [6.07, 6.45) is 0. The third-order valence-electron chi connectivity index (χ3n) is 4.79. The molecule has 3 rings (SSSR count). The number of nitrogens with zero attached hydrogens (tertiary/aromatic N) is 5. The second kappa shape index (κ2) is 9.70. The second-order valence-electron chi connectivity index (χ2n) is 6.48. The van der Waals surface area contributed by atoms with Gasteiger partial charge in [0.2, 0.25) is 0 Å². The maximum absolute atomic E-state index is 11.2. The molecule has 1 unspecified atom stereocenters. The van der Waals surface area contributed by atoms with E-state index in [1.807, 2.05) is 30.3 Å². The minimum atomic E-state index is -2.31. The summed E-state index contributed by atoms with van der Waals surface area (Å²) >= 11 is 6.02. The van der Waals surface area contributed by atoms with Gasteiger partial charge in [0, 0.05) is 24.2 Å². The maximum Gasteiger partial charge on any atom is 0.300 e. The number of rotatable bonds is 8. The van der Waals surface area contributed by atoms with Crippen molar-refractivity contribution in [3.8, 4) is 0 Å². The Kier molecular flexibility index (Phi) is 7.02. The molecule has 9 heteroatoms. The topological polar surface area (TPSA) is 112 Å². The fraction of sp³-hybridized carbons (Fsp3) is 0.182. The number of hydrogen-bond donors (Lipinski definition) is 1. The highest BCUT2D eigenvalue weighted by atomic mass is 35.5. The van der Waals surface area contributed by atoms with Crippen molar-refractivity contribution in [2.45, 2.75) is 11.5 Å². The number of azo groups is 1. The highest BCUT2D eigenvalue weighted by Gasteiger charge is 2.55. The van der Waals surface area contributed by atoms with Crippen LogP contribution in [0.2, 0.25) is 5.02 Å². The molecule has 158 valence electrons. The molecule has 0 saturated heterocycles. The lowest BCUT2D eigenvalue weighted by Crippen LogP contribution is -2.54. The zero-order valence-corrected chi connectivity index (χ0v) is 17.6. The highest BCUT2D eigenvalue weighted by molar-refractivity contribution is 6.30. The summed E-state index contributed by atoms with van der Waals surface area (Å²) in [5.41, 5.74) is 9.71.